The van der Waals surface area contributed by atoms with Gasteiger partial charge in [0.2, 0.25) is 0 Å². The Labute approximate surface area is 104 Å². The van der Waals surface area contributed by atoms with Crippen LogP contribution in [0.15, 0.2) is 12.1 Å². The van der Waals surface area contributed by atoms with Crippen LogP contribution >= 0.6 is 45.2 Å². The third-order valence-electron chi connectivity index (χ3n) is 1.22. The minimum absolute atomic E-state index is 0.0813. The van der Waals surface area contributed by atoms with E-state index in [0.29, 0.717) is 0 Å². The number of halogens is 6. The first kappa shape index (κ1) is 12.3. The second-order valence-corrected chi connectivity index (χ2v) is 4.54. The van der Waals surface area contributed by atoms with Crippen LogP contribution in [0, 0.1) is 13.0 Å². The highest BCUT2D eigenvalue weighted by Crippen LogP contribution is 2.32. The zero-order chi connectivity index (χ0) is 10.9. The van der Waals surface area contributed by atoms with Gasteiger partial charge in [0.05, 0.1) is 7.14 Å². The van der Waals surface area contributed by atoms with Crippen molar-refractivity contribution in [3.05, 3.63) is 25.1 Å². The molecule has 0 aromatic heterocycles. The Hall–Kier alpha value is 0.200. The molecule has 0 aliphatic rings. The van der Waals surface area contributed by atoms with Crippen LogP contribution in [0.1, 0.15) is 0 Å². The van der Waals surface area contributed by atoms with Crippen molar-refractivity contribution in [2.24, 2.45) is 0 Å². The summed E-state index contributed by atoms with van der Waals surface area (Å²) in [6.07, 6.45) is -4.87. The van der Waals surface area contributed by atoms with E-state index < -0.39 is 17.9 Å². The predicted octanol–water partition coefficient (Wildman–Crippen LogP) is 3.93. The lowest BCUT2D eigenvalue weighted by atomic mass is 10.3. The molecule has 0 unspecified atom stereocenters. The van der Waals surface area contributed by atoms with Gasteiger partial charge in [-0.1, -0.05) is 0 Å². The maximum atomic E-state index is 13.2. The Morgan fingerprint density at radius 2 is 1.57 bits per heavy atom. The lowest BCUT2D eigenvalue weighted by Gasteiger charge is -2.11. The predicted molar refractivity (Wildman–Crippen MR) is 58.5 cm³/mol. The molecule has 0 fully saturated rings. The molecule has 0 atom stereocenters. The number of ether oxygens (including phenoxy) is 1. The van der Waals surface area contributed by atoms with E-state index in [9.17, 15) is 17.6 Å². The van der Waals surface area contributed by atoms with Gasteiger partial charge in [-0.2, -0.15) is 0 Å². The molecule has 0 saturated heterocycles. The number of alkyl halides is 3. The van der Waals surface area contributed by atoms with Gasteiger partial charge in [0.15, 0.2) is 11.6 Å². The van der Waals surface area contributed by atoms with Crippen LogP contribution < -0.4 is 4.74 Å². The topological polar surface area (TPSA) is 9.23 Å². The fourth-order valence-corrected chi connectivity index (χ4v) is 1.67. The van der Waals surface area contributed by atoms with Crippen LogP contribution in [0.2, 0.25) is 0 Å². The van der Waals surface area contributed by atoms with E-state index in [1.54, 1.807) is 45.2 Å². The molecule has 7 heteroatoms. The van der Waals surface area contributed by atoms with Crippen LogP contribution in [-0.2, 0) is 0 Å². The average Bonchev–Trinajstić information content (AvgIpc) is 2.04. The molecule has 0 radical (unpaired) electrons. The Bertz CT molecular complexity index is 350. The molecule has 1 rings (SSSR count). The Morgan fingerprint density at radius 1 is 1.07 bits per heavy atom. The van der Waals surface area contributed by atoms with Gasteiger partial charge in [0, 0.05) is 0 Å². The third kappa shape index (κ3) is 3.11. The van der Waals surface area contributed by atoms with Gasteiger partial charge < -0.3 is 4.74 Å². The van der Waals surface area contributed by atoms with Crippen molar-refractivity contribution in [2.75, 3.05) is 0 Å². The first-order valence-electron chi connectivity index (χ1n) is 3.20. The van der Waals surface area contributed by atoms with Gasteiger partial charge in [0.25, 0.3) is 0 Å². The van der Waals surface area contributed by atoms with Crippen molar-refractivity contribution in [3.63, 3.8) is 0 Å². The van der Waals surface area contributed by atoms with E-state index in [4.69, 9.17) is 0 Å². The fraction of sp³-hybridized carbons (Fsp3) is 0.143. The molecule has 0 aliphatic heterocycles. The molecule has 1 aromatic carbocycles. The summed E-state index contributed by atoms with van der Waals surface area (Å²) in [5.74, 6) is -1.76. The maximum absolute atomic E-state index is 13.2. The molecule has 1 aromatic rings. The van der Waals surface area contributed by atoms with E-state index in [-0.39, 0.29) is 7.14 Å². The van der Waals surface area contributed by atoms with E-state index in [1.807, 2.05) is 0 Å². The maximum Gasteiger partial charge on any atom is 0.573 e. The molecule has 0 heterocycles. The van der Waals surface area contributed by atoms with Crippen LogP contribution in [0.5, 0.6) is 5.75 Å². The van der Waals surface area contributed by atoms with Crippen LogP contribution in [0.25, 0.3) is 0 Å². The van der Waals surface area contributed by atoms with Crippen LogP contribution in [-0.4, -0.2) is 6.36 Å². The minimum Gasteiger partial charge on any atom is -0.401 e. The van der Waals surface area contributed by atoms with Crippen molar-refractivity contribution < 1.29 is 22.3 Å². The summed E-state index contributed by atoms with van der Waals surface area (Å²) >= 11 is 3.17. The van der Waals surface area contributed by atoms with E-state index in [0.717, 1.165) is 0 Å². The van der Waals surface area contributed by atoms with Gasteiger partial charge >= 0.3 is 6.36 Å². The fourth-order valence-electron chi connectivity index (χ4n) is 0.718. The van der Waals surface area contributed by atoms with E-state index in [2.05, 4.69) is 4.74 Å². The summed E-state index contributed by atoms with van der Waals surface area (Å²) in [6.45, 7) is 0. The highest BCUT2D eigenvalue weighted by Gasteiger charge is 2.33. The molecule has 14 heavy (non-hydrogen) atoms. The summed E-state index contributed by atoms with van der Waals surface area (Å²) in [6, 6.07) is 2.73. The number of benzene rings is 1. The molecular formula is C7H2F4I2O. The summed E-state index contributed by atoms with van der Waals surface area (Å²) < 4.78 is 52.4. The summed E-state index contributed by atoms with van der Waals surface area (Å²) in [7, 11) is 0. The summed E-state index contributed by atoms with van der Waals surface area (Å²) in [4.78, 5) is 0. The zero-order valence-electron chi connectivity index (χ0n) is 6.33. The monoisotopic (exact) mass is 432 g/mol. The smallest absolute Gasteiger partial charge is 0.401 e. The lowest BCUT2D eigenvalue weighted by Crippen LogP contribution is -2.19. The van der Waals surface area contributed by atoms with E-state index >= 15 is 0 Å². The van der Waals surface area contributed by atoms with Crippen molar-refractivity contribution in [1.29, 1.82) is 0 Å². The zero-order valence-corrected chi connectivity index (χ0v) is 10.6. The van der Waals surface area contributed by atoms with Gasteiger partial charge in [0.1, 0.15) is 0 Å². The van der Waals surface area contributed by atoms with E-state index in [1.165, 1.54) is 12.1 Å². The van der Waals surface area contributed by atoms with Crippen molar-refractivity contribution in [3.8, 4) is 5.75 Å². The number of hydrogen-bond acceptors (Lipinski definition) is 1. The van der Waals surface area contributed by atoms with Crippen molar-refractivity contribution in [2.45, 2.75) is 6.36 Å². The highest BCUT2D eigenvalue weighted by molar-refractivity contribution is 14.1. The molecule has 0 spiro atoms. The normalized spacial score (nSPS) is 11.6. The molecule has 1 nitrogen and oxygen atoms in total. The van der Waals surface area contributed by atoms with Gasteiger partial charge in [-0.3, -0.25) is 0 Å². The highest BCUT2D eigenvalue weighted by atomic mass is 127. The van der Waals surface area contributed by atoms with Gasteiger partial charge in [-0.15, -0.1) is 13.2 Å². The third-order valence-corrected chi connectivity index (χ3v) is 2.90. The summed E-state index contributed by atoms with van der Waals surface area (Å²) in [5.41, 5.74) is 0. The molecule has 0 aliphatic carbocycles. The van der Waals surface area contributed by atoms with Crippen LogP contribution in [0.4, 0.5) is 17.6 Å². The standard InChI is InChI=1S/C7H2F4I2O/c8-5-3(12)1-2-4(13)6(5)14-7(9,10)11/h1-2H. The van der Waals surface area contributed by atoms with Crippen molar-refractivity contribution in [1.82, 2.24) is 0 Å². The second kappa shape index (κ2) is 4.37. The summed E-state index contributed by atoms with van der Waals surface area (Å²) in [5, 5.41) is 0. The molecule has 0 N–H and O–H groups in total. The number of rotatable bonds is 1. The van der Waals surface area contributed by atoms with Gasteiger partial charge in [-0.25, -0.2) is 4.39 Å². The first-order chi connectivity index (χ1) is 6.31. The Balaban J connectivity index is 3.13. The molecule has 0 saturated carbocycles. The van der Waals surface area contributed by atoms with Crippen molar-refractivity contribution >= 4 is 45.2 Å². The number of hydrogen-bond donors (Lipinski definition) is 0. The Morgan fingerprint density at radius 3 is 2.07 bits per heavy atom. The van der Waals surface area contributed by atoms with Gasteiger partial charge in [-0.05, 0) is 57.3 Å². The molecule has 0 amide bonds. The van der Waals surface area contributed by atoms with Crippen LogP contribution in [0.3, 0.4) is 0 Å². The Kier molecular flexibility index (Phi) is 3.83. The molecule has 78 valence electrons. The SMILES string of the molecule is Fc1c(I)ccc(I)c1OC(F)(F)F. The molecular weight excluding hydrogens is 430 g/mol. The molecule has 0 bridgehead atoms. The lowest BCUT2D eigenvalue weighted by molar-refractivity contribution is -0.276. The second-order valence-electron chi connectivity index (χ2n) is 2.22. The quantitative estimate of drug-likeness (QED) is 0.372. The average molecular weight is 432 g/mol. The first-order valence-corrected chi connectivity index (χ1v) is 5.36. The minimum atomic E-state index is -4.87. The largest absolute Gasteiger partial charge is 0.573 e.